The third-order valence-corrected chi connectivity index (χ3v) is 2.21. The number of hydrogen-bond donors (Lipinski definition) is 1. The predicted molar refractivity (Wildman–Crippen MR) is 62.9 cm³/mol. The van der Waals surface area contributed by atoms with Crippen molar-refractivity contribution in [2.75, 3.05) is 18.9 Å². The molecule has 16 heavy (non-hydrogen) atoms. The molecule has 0 atom stereocenters. The number of nitrogens with zero attached hydrogens (tertiary/aromatic N) is 1. The molecule has 1 aromatic rings. The summed E-state index contributed by atoms with van der Waals surface area (Å²) in [6.45, 7) is 4.53. The van der Waals surface area contributed by atoms with Crippen molar-refractivity contribution in [1.82, 2.24) is 0 Å². The number of nitriles is 1. The molecule has 2 N–H and O–H groups in total. The minimum absolute atomic E-state index is 0.261. The van der Waals surface area contributed by atoms with Crippen molar-refractivity contribution in [2.24, 2.45) is 0 Å². The van der Waals surface area contributed by atoms with E-state index in [0.29, 0.717) is 29.7 Å². The van der Waals surface area contributed by atoms with Crippen molar-refractivity contribution in [3.05, 3.63) is 16.7 Å². The number of benzene rings is 1. The number of anilines is 1. The van der Waals surface area contributed by atoms with Gasteiger partial charge in [0.25, 0.3) is 0 Å². The number of nitrogen functional groups attached to an aromatic ring is 1. The summed E-state index contributed by atoms with van der Waals surface area (Å²) >= 11 is 5.99. The van der Waals surface area contributed by atoms with Crippen LogP contribution in [-0.2, 0) is 0 Å². The molecule has 0 fully saturated rings. The second-order valence-electron chi connectivity index (χ2n) is 2.96. The zero-order valence-corrected chi connectivity index (χ0v) is 9.97. The van der Waals surface area contributed by atoms with Gasteiger partial charge in [-0.25, -0.2) is 0 Å². The second-order valence-corrected chi connectivity index (χ2v) is 3.36. The molecule has 1 aromatic carbocycles. The summed E-state index contributed by atoms with van der Waals surface area (Å²) in [5.74, 6) is 0.732. The quantitative estimate of drug-likeness (QED) is 0.822. The number of rotatable bonds is 4. The van der Waals surface area contributed by atoms with Crippen LogP contribution in [0.25, 0.3) is 0 Å². The van der Waals surface area contributed by atoms with Crippen LogP contribution in [0.2, 0.25) is 5.02 Å². The summed E-state index contributed by atoms with van der Waals surface area (Å²) in [5.41, 5.74) is 6.34. The highest BCUT2D eigenvalue weighted by Crippen LogP contribution is 2.42. The monoisotopic (exact) mass is 240 g/mol. The predicted octanol–water partition coefficient (Wildman–Crippen LogP) is 2.59. The molecule has 0 aromatic heterocycles. The van der Waals surface area contributed by atoms with E-state index >= 15 is 0 Å². The van der Waals surface area contributed by atoms with Crippen LogP contribution in [0.1, 0.15) is 19.4 Å². The molecule has 0 saturated heterocycles. The maximum Gasteiger partial charge on any atom is 0.187 e. The zero-order chi connectivity index (χ0) is 12.1. The van der Waals surface area contributed by atoms with E-state index in [1.807, 2.05) is 19.9 Å². The zero-order valence-electron chi connectivity index (χ0n) is 9.21. The molecule has 1 rings (SSSR count). The Balaban J connectivity index is 3.36. The van der Waals surface area contributed by atoms with Crippen LogP contribution >= 0.6 is 11.6 Å². The van der Waals surface area contributed by atoms with Crippen molar-refractivity contribution in [1.29, 1.82) is 5.26 Å². The Kier molecular flexibility index (Phi) is 4.27. The van der Waals surface area contributed by atoms with Gasteiger partial charge < -0.3 is 15.2 Å². The molecule has 86 valence electrons. The number of nitrogens with two attached hydrogens (primary N) is 1. The van der Waals surface area contributed by atoms with E-state index in [4.69, 9.17) is 32.1 Å². The van der Waals surface area contributed by atoms with Gasteiger partial charge >= 0.3 is 0 Å². The van der Waals surface area contributed by atoms with Gasteiger partial charge in [-0.2, -0.15) is 5.26 Å². The van der Waals surface area contributed by atoms with Gasteiger partial charge in [-0.1, -0.05) is 11.6 Å². The average Bonchev–Trinajstić information content (AvgIpc) is 2.28. The molecule has 5 heteroatoms. The van der Waals surface area contributed by atoms with Gasteiger partial charge in [-0.3, -0.25) is 0 Å². The third-order valence-electron chi connectivity index (χ3n) is 1.93. The molecule has 4 nitrogen and oxygen atoms in total. The summed E-state index contributed by atoms with van der Waals surface area (Å²) in [6, 6.07) is 3.44. The van der Waals surface area contributed by atoms with E-state index < -0.39 is 0 Å². The molecular weight excluding hydrogens is 228 g/mol. The summed E-state index contributed by atoms with van der Waals surface area (Å²) in [5, 5.41) is 9.20. The van der Waals surface area contributed by atoms with Gasteiger partial charge in [0.2, 0.25) is 0 Å². The van der Waals surface area contributed by atoms with Crippen LogP contribution in [0.5, 0.6) is 11.5 Å². The topological polar surface area (TPSA) is 68.3 Å². The van der Waals surface area contributed by atoms with E-state index in [2.05, 4.69) is 0 Å². The maximum atomic E-state index is 8.87. The largest absolute Gasteiger partial charge is 0.488 e. The molecule has 0 bridgehead atoms. The molecule has 0 spiro atoms. The smallest absolute Gasteiger partial charge is 0.187 e. The summed E-state index contributed by atoms with van der Waals surface area (Å²) in [7, 11) is 0. The lowest BCUT2D eigenvalue weighted by Crippen LogP contribution is -2.04. The number of halogens is 1. The normalized spacial score (nSPS) is 9.62. The van der Waals surface area contributed by atoms with Gasteiger partial charge in [0.15, 0.2) is 11.5 Å². The maximum absolute atomic E-state index is 8.87. The Morgan fingerprint density at radius 1 is 1.31 bits per heavy atom. The molecular formula is C11H13ClN2O2. The molecule has 0 aliphatic heterocycles. The number of ether oxygens (including phenoxy) is 2. The Bertz CT molecular complexity index is 427. The van der Waals surface area contributed by atoms with E-state index in [-0.39, 0.29) is 11.3 Å². The summed E-state index contributed by atoms with van der Waals surface area (Å²) in [4.78, 5) is 0. The highest BCUT2D eigenvalue weighted by atomic mass is 35.5. The fraction of sp³-hybridized carbons (Fsp3) is 0.364. The first kappa shape index (κ1) is 12.5. The first-order valence-corrected chi connectivity index (χ1v) is 5.31. The van der Waals surface area contributed by atoms with Gasteiger partial charge in [0.05, 0.1) is 29.5 Å². The van der Waals surface area contributed by atoms with Crippen LogP contribution in [0.4, 0.5) is 5.69 Å². The standard InChI is InChI=1S/C11H13ClN2O2/c1-3-15-10-8(12)5-7(6-13)9(14)11(10)16-4-2/h5H,3-4,14H2,1-2H3. The Morgan fingerprint density at radius 3 is 2.38 bits per heavy atom. The minimum Gasteiger partial charge on any atom is -0.488 e. The second kappa shape index (κ2) is 5.47. The van der Waals surface area contributed by atoms with E-state index in [1.165, 1.54) is 6.07 Å². The van der Waals surface area contributed by atoms with Crippen LogP contribution in [0.15, 0.2) is 6.07 Å². The first-order valence-electron chi connectivity index (χ1n) is 4.93. The summed E-state index contributed by atoms with van der Waals surface area (Å²) < 4.78 is 10.7. The fourth-order valence-corrected chi connectivity index (χ4v) is 1.53. The van der Waals surface area contributed by atoms with E-state index in [9.17, 15) is 0 Å². The van der Waals surface area contributed by atoms with E-state index in [0.717, 1.165) is 0 Å². The SMILES string of the molecule is CCOc1c(Cl)cc(C#N)c(N)c1OCC. The lowest BCUT2D eigenvalue weighted by molar-refractivity contribution is 0.289. The Morgan fingerprint density at radius 2 is 1.88 bits per heavy atom. The van der Waals surface area contributed by atoms with Crippen molar-refractivity contribution in [3.63, 3.8) is 0 Å². The fourth-order valence-electron chi connectivity index (χ4n) is 1.28. The lowest BCUT2D eigenvalue weighted by Gasteiger charge is -2.15. The summed E-state index contributed by atoms with van der Waals surface area (Å²) in [6.07, 6.45) is 0. The molecule has 0 unspecified atom stereocenters. The van der Waals surface area contributed by atoms with Crippen LogP contribution in [-0.4, -0.2) is 13.2 Å². The molecule has 0 aliphatic carbocycles. The molecule has 0 amide bonds. The Hall–Kier alpha value is -1.60. The van der Waals surface area contributed by atoms with Crippen LogP contribution in [0, 0.1) is 11.3 Å². The highest BCUT2D eigenvalue weighted by molar-refractivity contribution is 6.32. The molecule has 0 radical (unpaired) electrons. The molecule has 0 saturated carbocycles. The van der Waals surface area contributed by atoms with Gasteiger partial charge in [-0.05, 0) is 19.9 Å². The van der Waals surface area contributed by atoms with Crippen molar-refractivity contribution in [3.8, 4) is 17.6 Å². The lowest BCUT2D eigenvalue weighted by atomic mass is 10.1. The van der Waals surface area contributed by atoms with E-state index in [1.54, 1.807) is 0 Å². The average molecular weight is 241 g/mol. The Labute approximate surface area is 99.5 Å². The molecule has 0 heterocycles. The third kappa shape index (κ3) is 2.31. The van der Waals surface area contributed by atoms with Crippen LogP contribution in [0.3, 0.4) is 0 Å². The number of hydrogen-bond acceptors (Lipinski definition) is 4. The van der Waals surface area contributed by atoms with Gasteiger partial charge in [0, 0.05) is 0 Å². The first-order chi connectivity index (χ1) is 7.65. The molecule has 0 aliphatic rings. The highest BCUT2D eigenvalue weighted by Gasteiger charge is 2.17. The minimum atomic E-state index is 0.261. The van der Waals surface area contributed by atoms with Gasteiger partial charge in [0.1, 0.15) is 6.07 Å². The van der Waals surface area contributed by atoms with Crippen molar-refractivity contribution >= 4 is 17.3 Å². The van der Waals surface area contributed by atoms with Crippen molar-refractivity contribution < 1.29 is 9.47 Å². The van der Waals surface area contributed by atoms with Crippen LogP contribution < -0.4 is 15.2 Å². The van der Waals surface area contributed by atoms with Gasteiger partial charge in [-0.15, -0.1) is 0 Å². The van der Waals surface area contributed by atoms with Crippen molar-refractivity contribution in [2.45, 2.75) is 13.8 Å².